The first-order chi connectivity index (χ1) is 44.6. The van der Waals surface area contributed by atoms with E-state index in [2.05, 4.69) is 15.5 Å². The molecular formula is C67H77BCl2F7N6O13. The molecule has 3 fully saturated rings. The van der Waals surface area contributed by atoms with Crippen molar-refractivity contribution >= 4 is 65.4 Å². The van der Waals surface area contributed by atoms with Crippen molar-refractivity contribution in [3.05, 3.63) is 141 Å². The average Bonchev–Trinajstić information content (AvgIpc) is 1.71. The predicted molar refractivity (Wildman–Crippen MR) is 345 cm³/mol. The van der Waals surface area contributed by atoms with Crippen molar-refractivity contribution in [3.63, 3.8) is 0 Å². The molecule has 0 aliphatic carbocycles. The lowest BCUT2D eigenvalue weighted by Gasteiger charge is -2.30. The summed E-state index contributed by atoms with van der Waals surface area (Å²) in [7, 11) is 0. The Morgan fingerprint density at radius 3 is 1.08 bits per heavy atom. The number of alkyl halides is 4. The molecule has 7 N–H and O–H groups in total. The van der Waals surface area contributed by atoms with Gasteiger partial charge in [0.15, 0.2) is 46.0 Å². The zero-order valence-electron chi connectivity index (χ0n) is 50.7. The van der Waals surface area contributed by atoms with Gasteiger partial charge in [-0.3, -0.25) is 9.59 Å². The van der Waals surface area contributed by atoms with Gasteiger partial charge in [0.1, 0.15) is 80.5 Å². The minimum atomic E-state index is -4.06. The Morgan fingerprint density at radius 1 is 0.469 bits per heavy atom. The number of halogens is 9. The number of amides is 2. The molecule has 0 bridgehead atoms. The van der Waals surface area contributed by atoms with E-state index in [1.165, 1.54) is 60.7 Å². The molecule has 1 unspecified atom stereocenters. The first-order valence-corrected chi connectivity index (χ1v) is 31.4. The van der Waals surface area contributed by atoms with Crippen molar-refractivity contribution in [2.45, 2.75) is 102 Å². The molecule has 2 aromatic heterocycles. The van der Waals surface area contributed by atoms with Crippen LogP contribution in [0.25, 0.3) is 21.9 Å². The summed E-state index contributed by atoms with van der Waals surface area (Å²) in [6.07, 6.45) is 1.58. The van der Waals surface area contributed by atoms with E-state index in [-0.39, 0.29) is 114 Å². The smallest absolute Gasteiger partial charge is 0.380 e. The second-order valence-corrected chi connectivity index (χ2v) is 24.3. The summed E-state index contributed by atoms with van der Waals surface area (Å²) in [4.78, 5) is 31.7. The third kappa shape index (κ3) is 17.2. The Labute approximate surface area is 562 Å². The number of rotatable bonds is 18. The van der Waals surface area contributed by atoms with Crippen molar-refractivity contribution in [2.24, 2.45) is 5.73 Å². The number of fused-ring (bicyclic) bond motifs is 5. The SMILES string of the molecule is C.C.N[C@H](CN1CCCC1)C(O)c1cc2c(cc1F)OCCO2.O=C(N[C@H](CN1CCCC1)[C@@H](O)c1cc2c(cc1F)OCCO2)C(F)(F)c1cc2cc(Cl)ccc2o1.O=C(N[C@H](CN1CCCC1)[C@H](O)c1cc2c(cc1F)OCCO2)C(F)(F)c1cc2cc(Cl)ccc2o1.[B]. The van der Waals surface area contributed by atoms with E-state index < -0.39 is 89.1 Å². The summed E-state index contributed by atoms with van der Waals surface area (Å²) in [6, 6.07) is 15.3. The van der Waals surface area contributed by atoms with E-state index in [1.807, 2.05) is 9.80 Å². The lowest BCUT2D eigenvalue weighted by molar-refractivity contribution is -0.151. The van der Waals surface area contributed by atoms with Gasteiger partial charge in [0.05, 0.1) is 18.2 Å². The molecule has 6 aliphatic heterocycles. The molecular weight excluding hydrogens is 1310 g/mol. The van der Waals surface area contributed by atoms with Crippen LogP contribution in [0.3, 0.4) is 0 Å². The van der Waals surface area contributed by atoms with Crippen molar-refractivity contribution in [3.8, 4) is 34.5 Å². The monoisotopic (exact) mass is 1390 g/mol. The molecule has 6 atom stereocenters. The van der Waals surface area contributed by atoms with Gasteiger partial charge >= 0.3 is 11.8 Å². The van der Waals surface area contributed by atoms with Crippen molar-refractivity contribution < 1.29 is 92.9 Å². The molecule has 29 heteroatoms. The van der Waals surface area contributed by atoms with Crippen LogP contribution >= 0.6 is 23.2 Å². The summed E-state index contributed by atoms with van der Waals surface area (Å²) in [5, 5.41) is 38.3. The Bertz CT molecular complexity index is 3610. The number of carbonyl (C=O) groups excluding carboxylic acids is 2. The number of nitrogens with one attached hydrogen (secondary N) is 2. The number of benzene rings is 5. The molecule has 19 nitrogen and oxygen atoms in total. The molecule has 96 heavy (non-hydrogen) atoms. The van der Waals surface area contributed by atoms with E-state index >= 15 is 17.6 Å². The molecule has 3 saturated heterocycles. The Kier molecular flexibility index (Phi) is 25.2. The van der Waals surface area contributed by atoms with E-state index in [4.69, 9.17) is 66.2 Å². The molecule has 0 spiro atoms. The molecule has 6 aliphatic rings. The minimum Gasteiger partial charge on any atom is -0.486 e. The molecule has 3 radical (unpaired) electrons. The summed E-state index contributed by atoms with van der Waals surface area (Å²) in [5.74, 6) is -13.6. The van der Waals surface area contributed by atoms with Crippen molar-refractivity contribution in [1.82, 2.24) is 25.3 Å². The molecule has 8 heterocycles. The number of nitrogens with two attached hydrogens (primary N) is 1. The molecule has 7 aromatic rings. The van der Waals surface area contributed by atoms with Gasteiger partial charge in [0, 0.05) is 89.8 Å². The van der Waals surface area contributed by atoms with Crippen LogP contribution in [0.15, 0.2) is 93.8 Å². The maximum atomic E-state index is 15.2. The first-order valence-electron chi connectivity index (χ1n) is 30.6. The second kappa shape index (κ2) is 32.4. The fraction of sp³-hybridized carbons (Fsp3) is 0.463. The highest BCUT2D eigenvalue weighted by atomic mass is 35.5. The molecule has 0 saturated carbocycles. The number of hydrogen-bond acceptors (Lipinski definition) is 17. The first kappa shape index (κ1) is 74.6. The fourth-order valence-electron chi connectivity index (χ4n) is 12.0. The van der Waals surface area contributed by atoms with E-state index in [9.17, 15) is 38.1 Å². The van der Waals surface area contributed by atoms with Gasteiger partial charge in [-0.25, -0.2) is 13.2 Å². The van der Waals surface area contributed by atoms with Crippen LogP contribution in [0.1, 0.15) is 99.9 Å². The van der Waals surface area contributed by atoms with Crippen molar-refractivity contribution in [1.29, 1.82) is 0 Å². The third-order valence-electron chi connectivity index (χ3n) is 16.9. The highest BCUT2D eigenvalue weighted by Gasteiger charge is 2.48. The van der Waals surface area contributed by atoms with E-state index in [0.29, 0.717) is 78.3 Å². The number of aliphatic hydroxyl groups excluding tert-OH is 3. The number of carbonyl (C=O) groups is 2. The van der Waals surface area contributed by atoms with Crippen LogP contribution in [0, 0.1) is 17.5 Å². The molecule has 13 rings (SSSR count). The summed E-state index contributed by atoms with van der Waals surface area (Å²) in [6.45, 7) is 7.16. The molecule has 5 aromatic carbocycles. The van der Waals surface area contributed by atoms with Gasteiger partial charge in [-0.1, -0.05) is 38.1 Å². The summed E-state index contributed by atoms with van der Waals surface area (Å²) in [5.41, 5.74) is 6.13. The topological polar surface area (TPSA) is 236 Å². The lowest BCUT2D eigenvalue weighted by atomic mass is 9.99. The molecule has 2 amide bonds. The summed E-state index contributed by atoms with van der Waals surface area (Å²) < 4.78 is 148. The number of likely N-dealkylation sites (tertiary alicyclic amines) is 3. The number of aliphatic hydroxyl groups is 3. The molecule has 519 valence electrons. The fourth-order valence-corrected chi connectivity index (χ4v) is 12.3. The Hall–Kier alpha value is -7.21. The average molecular weight is 1390 g/mol. The number of nitrogens with zero attached hydrogens (tertiary/aromatic N) is 3. The highest BCUT2D eigenvalue weighted by molar-refractivity contribution is 6.31. The van der Waals surface area contributed by atoms with Gasteiger partial charge in [-0.05, 0) is 145 Å². The third-order valence-corrected chi connectivity index (χ3v) is 17.3. The standard InChI is InChI=1S/2C25H24ClF3N2O5.C15H21FN2O3.2CH4.B/c2*26-15-3-4-19-14(9-15)10-22(36-19)25(28,29)24(33)30-18(13-31-5-1-2-6-31)23(32)16-11-20-21(12-17(16)27)35-8-7-34-20;16-11-8-14-13(20-5-6-21-14)7-10(11)15(19)12(17)9-18-3-1-2-4-18;;;/h2*3-4,9-12,18,23,32H,1-2,5-8,13H2,(H,30,33);7-8,12,15,19H,1-6,9,17H2;2*1H4;/t18-,23+;18-,23-;12-,15?;;;/m111.../s1. The van der Waals surface area contributed by atoms with E-state index in [0.717, 1.165) is 75.9 Å². The quantitative estimate of drug-likeness (QED) is 0.0346. The van der Waals surface area contributed by atoms with Crippen LogP contribution in [-0.4, -0.2) is 167 Å². The van der Waals surface area contributed by atoms with Gasteiger partial charge in [0.2, 0.25) is 0 Å². The van der Waals surface area contributed by atoms with Crippen LogP contribution in [0.5, 0.6) is 34.5 Å². The lowest BCUT2D eigenvalue weighted by Crippen LogP contribution is -2.51. The van der Waals surface area contributed by atoms with Crippen molar-refractivity contribution in [2.75, 3.05) is 98.5 Å². The van der Waals surface area contributed by atoms with Crippen LogP contribution in [0.4, 0.5) is 30.7 Å². The van der Waals surface area contributed by atoms with Gasteiger partial charge < -0.3 is 83.6 Å². The number of hydrogen-bond donors (Lipinski definition) is 6. The zero-order valence-corrected chi connectivity index (χ0v) is 52.2. The van der Waals surface area contributed by atoms with Gasteiger partial charge in [-0.15, -0.1) is 0 Å². The Morgan fingerprint density at radius 2 is 0.760 bits per heavy atom. The van der Waals surface area contributed by atoms with Crippen LogP contribution in [0.2, 0.25) is 10.0 Å². The number of ether oxygens (including phenoxy) is 6. The Balaban J connectivity index is 0.000000188. The second-order valence-electron chi connectivity index (χ2n) is 23.5. The van der Waals surface area contributed by atoms with Crippen LogP contribution in [-0.2, 0) is 21.4 Å². The zero-order chi connectivity index (χ0) is 65.7. The number of furan rings is 2. The normalized spacial score (nSPS) is 18.0. The maximum Gasteiger partial charge on any atom is 0.380 e. The van der Waals surface area contributed by atoms with Gasteiger partial charge in [0.25, 0.3) is 11.8 Å². The largest absolute Gasteiger partial charge is 0.486 e. The van der Waals surface area contributed by atoms with E-state index in [1.54, 1.807) is 0 Å². The van der Waals surface area contributed by atoms with Crippen LogP contribution < -0.4 is 44.8 Å². The highest BCUT2D eigenvalue weighted by Crippen LogP contribution is 2.41. The summed E-state index contributed by atoms with van der Waals surface area (Å²) >= 11 is 11.8. The maximum absolute atomic E-state index is 15.2. The predicted octanol–water partition coefficient (Wildman–Crippen LogP) is 10.7. The minimum absolute atomic E-state index is 0. The van der Waals surface area contributed by atoms with Gasteiger partial charge in [-0.2, -0.15) is 17.6 Å².